The van der Waals surface area contributed by atoms with Gasteiger partial charge in [-0.1, -0.05) is 35.9 Å². The summed E-state index contributed by atoms with van der Waals surface area (Å²) in [6.07, 6.45) is -0.502. The molecule has 0 saturated carbocycles. The predicted octanol–water partition coefficient (Wildman–Crippen LogP) is 2.32. The van der Waals surface area contributed by atoms with Crippen molar-refractivity contribution in [2.24, 2.45) is 0 Å². The Morgan fingerprint density at radius 1 is 1.38 bits per heavy atom. The third-order valence-electron chi connectivity index (χ3n) is 1.71. The third kappa shape index (κ3) is 9.21. The van der Waals surface area contributed by atoms with Crippen LogP contribution in [0.25, 0.3) is 0 Å². The second kappa shape index (κ2) is 8.92. The van der Waals surface area contributed by atoms with Gasteiger partial charge in [0.15, 0.2) is 0 Å². The van der Waals surface area contributed by atoms with Gasteiger partial charge >= 0.3 is 5.97 Å². The van der Waals surface area contributed by atoms with Crippen molar-refractivity contribution in [1.82, 2.24) is 0 Å². The number of carbonyl (C=O) groups excluding carboxylic acids is 1. The Bertz CT molecular complexity index is 280. The van der Waals surface area contributed by atoms with Gasteiger partial charge in [-0.15, -0.1) is 0 Å². The summed E-state index contributed by atoms with van der Waals surface area (Å²) in [5.41, 5.74) is 1.32. The Balaban J connectivity index is 0.000000288. The van der Waals surface area contributed by atoms with Crippen molar-refractivity contribution in [1.29, 1.82) is 0 Å². The van der Waals surface area contributed by atoms with Crippen LogP contribution in [0.2, 0.25) is 0 Å². The fraction of sp³-hybridized carbons (Fsp3) is 0.462. The summed E-state index contributed by atoms with van der Waals surface area (Å²) in [6.45, 7) is 5.75. The summed E-state index contributed by atoms with van der Waals surface area (Å²) in [4.78, 5) is 10.5. The predicted molar refractivity (Wildman–Crippen MR) is 64.1 cm³/mol. The van der Waals surface area contributed by atoms with Gasteiger partial charge in [0.1, 0.15) is 0 Å². The number of aliphatic hydroxyl groups excluding tert-OH is 1. The minimum Gasteiger partial charge on any atom is -0.466 e. The Hall–Kier alpha value is -1.35. The van der Waals surface area contributed by atoms with E-state index in [1.165, 1.54) is 5.56 Å². The molecule has 0 bridgehead atoms. The maximum atomic E-state index is 10.5. The molecule has 0 heterocycles. The number of aryl methyl sites for hydroxylation is 1. The largest absolute Gasteiger partial charge is 0.466 e. The number of ether oxygens (including phenoxy) is 1. The van der Waals surface area contributed by atoms with Crippen molar-refractivity contribution in [2.45, 2.75) is 33.3 Å². The molecule has 0 saturated heterocycles. The second-order valence-electron chi connectivity index (χ2n) is 3.51. The molecule has 1 aromatic carbocycles. The van der Waals surface area contributed by atoms with Crippen LogP contribution in [0.5, 0.6) is 0 Å². The van der Waals surface area contributed by atoms with Crippen molar-refractivity contribution in [2.75, 3.05) is 6.61 Å². The Morgan fingerprint density at radius 3 is 2.25 bits per heavy atom. The van der Waals surface area contributed by atoms with E-state index in [2.05, 4.69) is 23.8 Å². The summed E-state index contributed by atoms with van der Waals surface area (Å²) in [7, 11) is 0. The number of esters is 1. The van der Waals surface area contributed by atoms with E-state index in [0.717, 1.165) is 0 Å². The summed E-state index contributed by atoms with van der Waals surface area (Å²) in [5.74, 6) is -0.340. The summed E-state index contributed by atoms with van der Waals surface area (Å²) >= 11 is 0. The SMILES string of the molecule is CCOC(=O)CC(C)O.Cc1ccccc1. The van der Waals surface area contributed by atoms with Gasteiger partial charge in [-0.25, -0.2) is 0 Å². The molecule has 1 N–H and O–H groups in total. The van der Waals surface area contributed by atoms with Crippen molar-refractivity contribution >= 4 is 5.97 Å². The van der Waals surface area contributed by atoms with E-state index < -0.39 is 6.10 Å². The topological polar surface area (TPSA) is 46.5 Å². The van der Waals surface area contributed by atoms with Crippen LogP contribution < -0.4 is 0 Å². The Labute approximate surface area is 97.1 Å². The van der Waals surface area contributed by atoms with Gasteiger partial charge in [0, 0.05) is 0 Å². The Kier molecular flexibility index (Phi) is 8.17. The van der Waals surface area contributed by atoms with Gasteiger partial charge in [-0.2, -0.15) is 0 Å². The van der Waals surface area contributed by atoms with Crippen LogP contribution >= 0.6 is 0 Å². The molecule has 0 amide bonds. The molecule has 3 nitrogen and oxygen atoms in total. The molecule has 1 rings (SSSR count). The van der Waals surface area contributed by atoms with Crippen LogP contribution in [-0.4, -0.2) is 23.8 Å². The molecule has 0 fully saturated rings. The first-order valence-electron chi connectivity index (χ1n) is 5.41. The molecule has 0 spiro atoms. The first-order chi connectivity index (χ1) is 7.56. The second-order valence-corrected chi connectivity index (χ2v) is 3.51. The van der Waals surface area contributed by atoms with Crippen LogP contribution in [0.15, 0.2) is 30.3 Å². The minimum absolute atomic E-state index is 0.0911. The average molecular weight is 224 g/mol. The molecular formula is C13H20O3. The van der Waals surface area contributed by atoms with Gasteiger partial charge in [-0.05, 0) is 20.8 Å². The first kappa shape index (κ1) is 14.6. The fourth-order valence-corrected chi connectivity index (χ4v) is 0.995. The van der Waals surface area contributed by atoms with E-state index in [-0.39, 0.29) is 12.4 Å². The lowest BCUT2D eigenvalue weighted by Crippen LogP contribution is -2.11. The van der Waals surface area contributed by atoms with E-state index in [9.17, 15) is 4.79 Å². The van der Waals surface area contributed by atoms with Crippen LogP contribution in [0.1, 0.15) is 25.8 Å². The molecule has 0 radical (unpaired) electrons. The summed E-state index contributed by atoms with van der Waals surface area (Å²) in [6, 6.07) is 10.3. The third-order valence-corrected chi connectivity index (χ3v) is 1.71. The molecule has 1 unspecified atom stereocenters. The molecule has 16 heavy (non-hydrogen) atoms. The molecule has 1 atom stereocenters. The highest BCUT2D eigenvalue weighted by Gasteiger charge is 2.04. The van der Waals surface area contributed by atoms with Crippen molar-refractivity contribution < 1.29 is 14.6 Å². The molecule has 0 aliphatic carbocycles. The highest BCUT2D eigenvalue weighted by molar-refractivity contribution is 5.69. The average Bonchev–Trinajstić information content (AvgIpc) is 2.18. The lowest BCUT2D eigenvalue weighted by molar-refractivity contribution is -0.145. The Morgan fingerprint density at radius 2 is 1.94 bits per heavy atom. The van der Waals surface area contributed by atoms with Gasteiger partial charge in [0.05, 0.1) is 19.1 Å². The molecule has 1 aromatic rings. The molecular weight excluding hydrogens is 204 g/mol. The minimum atomic E-state index is -0.593. The molecule has 0 aliphatic rings. The van der Waals surface area contributed by atoms with Crippen LogP contribution in [-0.2, 0) is 9.53 Å². The summed E-state index contributed by atoms with van der Waals surface area (Å²) < 4.78 is 4.55. The molecule has 90 valence electrons. The van der Waals surface area contributed by atoms with E-state index in [1.54, 1.807) is 13.8 Å². The molecule has 3 heteroatoms. The standard InChI is InChI=1S/C7H8.C6H12O3/c1-7-5-3-2-4-6-7;1-3-9-6(8)4-5(2)7/h2-6H,1H3;5,7H,3-4H2,1-2H3. The number of hydrogen-bond acceptors (Lipinski definition) is 3. The molecule has 0 aromatic heterocycles. The number of carbonyl (C=O) groups is 1. The van der Waals surface area contributed by atoms with Crippen molar-refractivity contribution in [3.63, 3.8) is 0 Å². The highest BCUT2D eigenvalue weighted by Crippen LogP contribution is 1.92. The number of aliphatic hydroxyl groups is 1. The monoisotopic (exact) mass is 224 g/mol. The number of hydrogen-bond donors (Lipinski definition) is 1. The zero-order valence-electron chi connectivity index (χ0n) is 10.1. The first-order valence-corrected chi connectivity index (χ1v) is 5.41. The molecule has 0 aliphatic heterocycles. The van der Waals surface area contributed by atoms with E-state index in [1.807, 2.05) is 18.2 Å². The van der Waals surface area contributed by atoms with Gasteiger partial charge in [0.2, 0.25) is 0 Å². The zero-order valence-corrected chi connectivity index (χ0v) is 10.1. The lowest BCUT2D eigenvalue weighted by atomic mass is 10.2. The van der Waals surface area contributed by atoms with E-state index in [0.29, 0.717) is 6.61 Å². The number of benzene rings is 1. The van der Waals surface area contributed by atoms with Gasteiger partial charge in [-0.3, -0.25) is 4.79 Å². The van der Waals surface area contributed by atoms with Crippen LogP contribution in [0, 0.1) is 6.92 Å². The number of rotatable bonds is 3. The van der Waals surface area contributed by atoms with E-state index in [4.69, 9.17) is 5.11 Å². The van der Waals surface area contributed by atoms with Crippen LogP contribution in [0.4, 0.5) is 0 Å². The smallest absolute Gasteiger partial charge is 0.308 e. The normalized spacial score (nSPS) is 11.0. The van der Waals surface area contributed by atoms with Crippen LogP contribution in [0.3, 0.4) is 0 Å². The van der Waals surface area contributed by atoms with Crippen molar-refractivity contribution in [3.8, 4) is 0 Å². The van der Waals surface area contributed by atoms with Gasteiger partial charge < -0.3 is 9.84 Å². The van der Waals surface area contributed by atoms with Crippen molar-refractivity contribution in [3.05, 3.63) is 35.9 Å². The quantitative estimate of drug-likeness (QED) is 0.801. The summed E-state index contributed by atoms with van der Waals surface area (Å²) in [5, 5.41) is 8.65. The zero-order chi connectivity index (χ0) is 12.4. The lowest BCUT2D eigenvalue weighted by Gasteiger charge is -2.01. The fourth-order valence-electron chi connectivity index (χ4n) is 0.995. The van der Waals surface area contributed by atoms with E-state index >= 15 is 0 Å². The van der Waals surface area contributed by atoms with Gasteiger partial charge in [0.25, 0.3) is 0 Å². The maximum Gasteiger partial charge on any atom is 0.308 e. The maximum absolute atomic E-state index is 10.5. The highest BCUT2D eigenvalue weighted by atomic mass is 16.5.